The van der Waals surface area contributed by atoms with Crippen LogP contribution in [0.1, 0.15) is 37.3 Å². The van der Waals surface area contributed by atoms with Crippen LogP contribution in [0.25, 0.3) is 33.2 Å². The normalized spacial score (nSPS) is 17.4. The average molecular weight is 577 g/mol. The third-order valence-corrected chi connectivity index (χ3v) is 7.61. The predicted molar refractivity (Wildman–Crippen MR) is 157 cm³/mol. The zero-order valence-electron chi connectivity index (χ0n) is 22.9. The van der Waals surface area contributed by atoms with E-state index in [1.165, 1.54) is 6.07 Å². The Morgan fingerprint density at radius 3 is 2.51 bits per heavy atom. The van der Waals surface area contributed by atoms with Crippen molar-refractivity contribution in [3.63, 3.8) is 0 Å². The summed E-state index contributed by atoms with van der Waals surface area (Å²) < 4.78 is 56.0. The minimum absolute atomic E-state index is 0.0566. The lowest BCUT2D eigenvalue weighted by Gasteiger charge is -2.26. The first-order chi connectivity index (χ1) is 19.5. The maximum atomic E-state index is 16.0. The third kappa shape index (κ3) is 6.29. The van der Waals surface area contributed by atoms with E-state index in [-0.39, 0.29) is 23.2 Å². The van der Waals surface area contributed by atoms with Gasteiger partial charge in [-0.3, -0.25) is 4.72 Å². The van der Waals surface area contributed by atoms with E-state index in [1.54, 1.807) is 36.5 Å². The Kier molecular flexibility index (Phi) is 7.89. The van der Waals surface area contributed by atoms with Crippen molar-refractivity contribution in [2.24, 2.45) is 0 Å². The fourth-order valence-corrected chi connectivity index (χ4v) is 5.67. The number of aromatic nitrogens is 2. The number of alkyl halides is 1. The van der Waals surface area contributed by atoms with Crippen LogP contribution in [0.3, 0.4) is 0 Å². The molecule has 1 aliphatic rings. The van der Waals surface area contributed by atoms with Gasteiger partial charge in [-0.05, 0) is 58.5 Å². The number of sulfonamides is 1. The van der Waals surface area contributed by atoms with Gasteiger partial charge in [0.1, 0.15) is 6.17 Å². The molecule has 0 amide bonds. The summed E-state index contributed by atoms with van der Waals surface area (Å²) in [5.74, 6) is -0.262. The number of benzene rings is 3. The highest BCUT2D eigenvalue weighted by atomic mass is 32.2. The smallest absolute Gasteiger partial charge is 0.229 e. The number of nitrogens with zero attached hydrogens (tertiary/aromatic N) is 3. The summed E-state index contributed by atoms with van der Waals surface area (Å²) in [4.78, 5) is 9.25. The molecule has 0 spiro atoms. The van der Waals surface area contributed by atoms with Gasteiger partial charge in [0.15, 0.2) is 5.82 Å². The van der Waals surface area contributed by atoms with Crippen LogP contribution in [0.15, 0.2) is 54.7 Å². The van der Waals surface area contributed by atoms with E-state index in [9.17, 15) is 18.1 Å². The number of piperidine rings is 1. The molecule has 0 aliphatic carbocycles. The molecular weight excluding hydrogens is 546 g/mol. The second kappa shape index (κ2) is 11.4. The summed E-state index contributed by atoms with van der Waals surface area (Å²) in [6, 6.07) is 15.3. The molecule has 1 aromatic heterocycles. The molecule has 5 rings (SSSR count). The van der Waals surface area contributed by atoms with Crippen molar-refractivity contribution in [1.29, 1.82) is 5.26 Å². The van der Waals surface area contributed by atoms with Crippen LogP contribution >= 0.6 is 0 Å². The fourth-order valence-electron chi connectivity index (χ4n) is 5.11. The van der Waals surface area contributed by atoms with E-state index in [0.717, 1.165) is 22.7 Å². The first-order valence-electron chi connectivity index (χ1n) is 13.3. The van der Waals surface area contributed by atoms with Crippen LogP contribution in [0.2, 0.25) is 0 Å². The Labute approximate surface area is 237 Å². The van der Waals surface area contributed by atoms with Gasteiger partial charge in [-0.1, -0.05) is 32.0 Å². The summed E-state index contributed by atoms with van der Waals surface area (Å²) in [6.07, 6.45) is 2.10. The number of nitriles is 1. The molecular formula is C30H30F2N6O2S. The minimum Gasteiger partial charge on any atom is -0.350 e. The van der Waals surface area contributed by atoms with Crippen LogP contribution in [0.5, 0.6) is 0 Å². The van der Waals surface area contributed by atoms with Gasteiger partial charge in [-0.15, -0.1) is 0 Å². The molecule has 3 aromatic carbocycles. The van der Waals surface area contributed by atoms with E-state index < -0.39 is 22.0 Å². The molecule has 2 atom stereocenters. The number of rotatable bonds is 7. The molecule has 0 saturated carbocycles. The molecule has 1 fully saturated rings. The maximum absolute atomic E-state index is 16.0. The summed E-state index contributed by atoms with van der Waals surface area (Å²) in [7, 11) is -3.73. The SMILES string of the molecule is CC(C)c1cc(-c2ccc(NS(C)(=O)=O)c(F)c2-c2ccc(C#N)cc2)cc2cnc(N[C@@H]3CNC[C@@H](F)C3)nc12. The van der Waals surface area contributed by atoms with Gasteiger partial charge >= 0.3 is 0 Å². The Hall–Kier alpha value is -4.14. The summed E-state index contributed by atoms with van der Waals surface area (Å²) >= 11 is 0. The first-order valence-corrected chi connectivity index (χ1v) is 15.1. The van der Waals surface area contributed by atoms with Crippen LogP contribution in [-0.4, -0.2) is 49.9 Å². The summed E-state index contributed by atoms with van der Waals surface area (Å²) in [5, 5.41) is 16.3. The number of halogens is 2. The molecule has 0 unspecified atom stereocenters. The van der Waals surface area contributed by atoms with Crippen molar-refractivity contribution in [2.75, 3.05) is 29.4 Å². The van der Waals surface area contributed by atoms with Gasteiger partial charge < -0.3 is 10.6 Å². The minimum atomic E-state index is -3.73. The van der Waals surface area contributed by atoms with Crippen LogP contribution in [-0.2, 0) is 10.0 Å². The van der Waals surface area contributed by atoms with E-state index >= 15 is 4.39 Å². The van der Waals surface area contributed by atoms with Crippen LogP contribution in [0.4, 0.5) is 20.4 Å². The number of nitrogens with one attached hydrogen (secondary N) is 3. The van der Waals surface area contributed by atoms with Crippen LogP contribution in [0, 0.1) is 17.1 Å². The van der Waals surface area contributed by atoms with Crippen molar-refractivity contribution >= 4 is 32.6 Å². The quantitative estimate of drug-likeness (QED) is 0.263. The highest BCUT2D eigenvalue weighted by molar-refractivity contribution is 7.92. The average Bonchev–Trinajstić information content (AvgIpc) is 2.93. The summed E-state index contributed by atoms with van der Waals surface area (Å²) in [6.45, 7) is 5.03. The van der Waals surface area contributed by atoms with Gasteiger partial charge in [0.2, 0.25) is 16.0 Å². The Morgan fingerprint density at radius 2 is 1.85 bits per heavy atom. The lowest BCUT2D eigenvalue weighted by Crippen LogP contribution is -2.44. The number of hydrogen-bond donors (Lipinski definition) is 3. The number of fused-ring (bicyclic) bond motifs is 1. The van der Waals surface area contributed by atoms with Gasteiger partial charge in [0, 0.05) is 42.7 Å². The monoisotopic (exact) mass is 576 g/mol. The number of hydrogen-bond acceptors (Lipinski definition) is 7. The zero-order chi connectivity index (χ0) is 29.3. The molecule has 8 nitrogen and oxygen atoms in total. The fraction of sp³-hybridized carbons (Fsp3) is 0.300. The summed E-state index contributed by atoms with van der Waals surface area (Å²) in [5.41, 5.74) is 3.82. The Bertz CT molecular complexity index is 1750. The Morgan fingerprint density at radius 1 is 1.10 bits per heavy atom. The van der Waals surface area contributed by atoms with Crippen molar-refractivity contribution in [2.45, 2.75) is 38.4 Å². The molecule has 4 aromatic rings. The predicted octanol–water partition coefficient (Wildman–Crippen LogP) is 5.58. The maximum Gasteiger partial charge on any atom is 0.229 e. The molecule has 1 saturated heterocycles. The van der Waals surface area contributed by atoms with E-state index in [1.807, 2.05) is 26.0 Å². The molecule has 41 heavy (non-hydrogen) atoms. The molecule has 11 heteroatoms. The lowest BCUT2D eigenvalue weighted by atomic mass is 9.89. The van der Waals surface area contributed by atoms with Crippen molar-refractivity contribution < 1.29 is 17.2 Å². The highest BCUT2D eigenvalue weighted by Crippen LogP contribution is 2.40. The standard InChI is InChI=1S/C30H30F2N6O2S/c1-17(2)25-11-20(10-21-14-35-30(37-29(21)25)36-23-12-22(31)15-34-16-23)24-8-9-26(38-41(3,39)40)28(32)27(24)19-6-4-18(13-33)5-7-19/h4-11,14,17,22-23,34,38H,12,15-16H2,1-3H3,(H,35,36,37)/t22-,23-/m0/s1. The third-order valence-electron chi connectivity index (χ3n) is 7.02. The lowest BCUT2D eigenvalue weighted by molar-refractivity contribution is 0.254. The van der Waals surface area contributed by atoms with Gasteiger partial charge in [-0.2, -0.15) is 5.26 Å². The molecule has 1 aliphatic heterocycles. The second-order valence-corrected chi connectivity index (χ2v) is 12.3. The molecule has 3 N–H and O–H groups in total. The Balaban J connectivity index is 1.64. The molecule has 2 heterocycles. The van der Waals surface area contributed by atoms with Crippen molar-refractivity contribution in [3.05, 3.63) is 71.7 Å². The van der Waals surface area contributed by atoms with E-state index in [4.69, 9.17) is 4.98 Å². The molecule has 0 bridgehead atoms. The topological polar surface area (TPSA) is 120 Å². The molecule has 0 radical (unpaired) electrons. The van der Waals surface area contributed by atoms with E-state index in [2.05, 4.69) is 26.4 Å². The second-order valence-electron chi connectivity index (χ2n) is 10.6. The largest absolute Gasteiger partial charge is 0.350 e. The van der Waals surface area contributed by atoms with Crippen LogP contribution < -0.4 is 15.4 Å². The van der Waals surface area contributed by atoms with E-state index in [0.29, 0.717) is 47.7 Å². The van der Waals surface area contributed by atoms with Crippen molar-refractivity contribution in [1.82, 2.24) is 15.3 Å². The van der Waals surface area contributed by atoms with Gasteiger partial charge in [0.05, 0.1) is 29.1 Å². The van der Waals surface area contributed by atoms with Gasteiger partial charge in [-0.25, -0.2) is 27.2 Å². The molecule has 212 valence electrons. The van der Waals surface area contributed by atoms with Gasteiger partial charge in [0.25, 0.3) is 0 Å². The van der Waals surface area contributed by atoms with Crippen molar-refractivity contribution in [3.8, 4) is 28.3 Å². The number of anilines is 2. The first kappa shape index (κ1) is 28.4. The zero-order valence-corrected chi connectivity index (χ0v) is 23.7. The highest BCUT2D eigenvalue weighted by Gasteiger charge is 2.23.